The van der Waals surface area contributed by atoms with Gasteiger partial charge in [-0.05, 0) is 19.8 Å². The van der Waals surface area contributed by atoms with Gasteiger partial charge in [0.1, 0.15) is 0 Å². The summed E-state index contributed by atoms with van der Waals surface area (Å²) in [6, 6.07) is -0.172. The number of methoxy groups -OCH3 is 1. The highest BCUT2D eigenvalue weighted by atomic mass is 16.5. The lowest BCUT2D eigenvalue weighted by Gasteiger charge is -2.30. The Hall–Kier alpha value is -0.120. The molecule has 0 amide bonds. The summed E-state index contributed by atoms with van der Waals surface area (Å²) < 4.78 is 5.22. The first-order chi connectivity index (χ1) is 5.80. The highest BCUT2D eigenvalue weighted by molar-refractivity contribution is 4.81. The molecule has 0 aliphatic carbocycles. The second kappa shape index (κ2) is 4.94. The van der Waals surface area contributed by atoms with E-state index < -0.39 is 6.10 Å². The van der Waals surface area contributed by atoms with Crippen molar-refractivity contribution >= 4 is 0 Å². The fourth-order valence-electron chi connectivity index (χ4n) is 1.17. The van der Waals surface area contributed by atoms with Crippen LogP contribution in [0.25, 0.3) is 0 Å². The van der Waals surface area contributed by atoms with Crippen LogP contribution in [0.2, 0.25) is 0 Å². The Bertz CT molecular complexity index is 146. The van der Waals surface area contributed by atoms with Gasteiger partial charge in [-0.1, -0.05) is 13.8 Å². The Labute approximate surface area is 81.3 Å². The predicted molar refractivity (Wildman–Crippen MR) is 54.5 cm³/mol. The molecule has 0 aromatic rings. The van der Waals surface area contributed by atoms with E-state index in [0.29, 0.717) is 12.3 Å². The third kappa shape index (κ3) is 4.60. The molecule has 0 fully saturated rings. The van der Waals surface area contributed by atoms with Gasteiger partial charge in [0.15, 0.2) is 0 Å². The number of aliphatic hydroxyl groups excluding tert-OH is 1. The average Bonchev–Trinajstić information content (AvgIpc) is 2.02. The van der Waals surface area contributed by atoms with Crippen LogP contribution in [0.15, 0.2) is 0 Å². The smallest absolute Gasteiger partial charge is 0.0720 e. The summed E-state index contributed by atoms with van der Waals surface area (Å²) in [7, 11) is 1.65. The van der Waals surface area contributed by atoms with Gasteiger partial charge in [-0.2, -0.15) is 0 Å². The molecule has 2 atom stereocenters. The highest BCUT2D eigenvalue weighted by Crippen LogP contribution is 2.18. The summed E-state index contributed by atoms with van der Waals surface area (Å²) in [5, 5.41) is 9.75. The molecule has 13 heavy (non-hydrogen) atoms. The molecule has 80 valence electrons. The Kier molecular flexibility index (Phi) is 4.89. The molecule has 0 bridgehead atoms. The van der Waals surface area contributed by atoms with Gasteiger partial charge in [0.2, 0.25) is 0 Å². The summed E-state index contributed by atoms with van der Waals surface area (Å²) in [6.45, 7) is 7.91. The largest absolute Gasteiger partial charge is 0.391 e. The summed E-state index contributed by atoms with van der Waals surface area (Å²) in [4.78, 5) is 0. The van der Waals surface area contributed by atoms with Crippen molar-refractivity contribution in [3.8, 4) is 0 Å². The van der Waals surface area contributed by atoms with E-state index in [2.05, 4.69) is 0 Å². The Balaban J connectivity index is 4.06. The van der Waals surface area contributed by atoms with Crippen LogP contribution in [0.4, 0.5) is 0 Å². The second-order valence-electron chi connectivity index (χ2n) is 4.56. The number of rotatable bonds is 5. The van der Waals surface area contributed by atoms with Gasteiger partial charge in [0.25, 0.3) is 0 Å². The quantitative estimate of drug-likeness (QED) is 0.682. The van der Waals surface area contributed by atoms with E-state index in [4.69, 9.17) is 10.5 Å². The summed E-state index contributed by atoms with van der Waals surface area (Å²) in [5.74, 6) is 0.294. The standard InChI is InChI=1S/C10H23NO2/c1-7(2)9(11)8(12)6-10(3,4)13-5/h7-9,12H,6,11H2,1-5H3. The average molecular weight is 189 g/mol. The van der Waals surface area contributed by atoms with Crippen molar-refractivity contribution < 1.29 is 9.84 Å². The highest BCUT2D eigenvalue weighted by Gasteiger charge is 2.26. The monoisotopic (exact) mass is 189 g/mol. The fraction of sp³-hybridized carbons (Fsp3) is 1.00. The van der Waals surface area contributed by atoms with Crippen LogP contribution in [0.5, 0.6) is 0 Å². The number of hydrogen-bond acceptors (Lipinski definition) is 3. The van der Waals surface area contributed by atoms with Crippen molar-refractivity contribution in [1.82, 2.24) is 0 Å². The predicted octanol–water partition coefficient (Wildman–Crippen LogP) is 1.15. The lowest BCUT2D eigenvalue weighted by atomic mass is 9.91. The fourth-order valence-corrected chi connectivity index (χ4v) is 1.17. The lowest BCUT2D eigenvalue weighted by Crippen LogP contribution is -2.43. The van der Waals surface area contributed by atoms with E-state index in [1.807, 2.05) is 27.7 Å². The van der Waals surface area contributed by atoms with Crippen LogP contribution in [-0.4, -0.2) is 30.0 Å². The molecule has 2 unspecified atom stereocenters. The molecule has 0 saturated heterocycles. The van der Waals surface area contributed by atoms with Gasteiger partial charge >= 0.3 is 0 Å². The van der Waals surface area contributed by atoms with Crippen LogP contribution < -0.4 is 5.73 Å². The minimum Gasteiger partial charge on any atom is -0.391 e. The Morgan fingerprint density at radius 3 is 2.15 bits per heavy atom. The van der Waals surface area contributed by atoms with Crippen molar-refractivity contribution in [3.63, 3.8) is 0 Å². The minimum absolute atomic E-state index is 0.172. The van der Waals surface area contributed by atoms with Crippen molar-refractivity contribution in [2.75, 3.05) is 7.11 Å². The van der Waals surface area contributed by atoms with Crippen LogP contribution in [0, 0.1) is 5.92 Å². The third-order valence-corrected chi connectivity index (χ3v) is 2.47. The zero-order chi connectivity index (χ0) is 10.6. The maximum atomic E-state index is 9.75. The molecule has 0 aliphatic rings. The van der Waals surface area contributed by atoms with E-state index >= 15 is 0 Å². The molecule has 0 aromatic heterocycles. The van der Waals surface area contributed by atoms with Crippen molar-refractivity contribution in [3.05, 3.63) is 0 Å². The van der Waals surface area contributed by atoms with Crippen molar-refractivity contribution in [2.45, 2.75) is 51.9 Å². The molecule has 0 aliphatic heterocycles. The number of hydrogen-bond donors (Lipinski definition) is 2. The molecular weight excluding hydrogens is 166 g/mol. The maximum Gasteiger partial charge on any atom is 0.0720 e. The van der Waals surface area contributed by atoms with Crippen LogP contribution in [0.3, 0.4) is 0 Å². The van der Waals surface area contributed by atoms with Crippen LogP contribution in [0.1, 0.15) is 34.1 Å². The van der Waals surface area contributed by atoms with E-state index in [1.54, 1.807) is 7.11 Å². The molecule has 0 heterocycles. The first kappa shape index (κ1) is 12.9. The molecule has 0 rings (SSSR count). The summed E-state index contributed by atoms with van der Waals surface area (Å²) >= 11 is 0. The van der Waals surface area contributed by atoms with E-state index in [1.165, 1.54) is 0 Å². The van der Waals surface area contributed by atoms with Crippen molar-refractivity contribution in [2.24, 2.45) is 11.7 Å². The van der Waals surface area contributed by atoms with E-state index in [0.717, 1.165) is 0 Å². The second-order valence-corrected chi connectivity index (χ2v) is 4.56. The van der Waals surface area contributed by atoms with Crippen LogP contribution >= 0.6 is 0 Å². The molecule has 3 N–H and O–H groups in total. The number of ether oxygens (including phenoxy) is 1. The zero-order valence-electron chi connectivity index (χ0n) is 9.37. The summed E-state index contributed by atoms with van der Waals surface area (Å²) in [5.41, 5.74) is 5.52. The van der Waals surface area contributed by atoms with Gasteiger partial charge in [0.05, 0.1) is 11.7 Å². The molecule has 3 heteroatoms. The topological polar surface area (TPSA) is 55.5 Å². The Morgan fingerprint density at radius 2 is 1.85 bits per heavy atom. The molecule has 0 aromatic carbocycles. The van der Waals surface area contributed by atoms with Gasteiger partial charge in [0, 0.05) is 19.6 Å². The zero-order valence-corrected chi connectivity index (χ0v) is 9.37. The molecular formula is C10H23NO2. The first-order valence-corrected chi connectivity index (χ1v) is 4.79. The lowest BCUT2D eigenvalue weighted by molar-refractivity contribution is -0.0285. The van der Waals surface area contributed by atoms with E-state index in [-0.39, 0.29) is 11.6 Å². The molecule has 0 saturated carbocycles. The minimum atomic E-state index is -0.491. The van der Waals surface area contributed by atoms with E-state index in [9.17, 15) is 5.11 Å². The van der Waals surface area contributed by atoms with Gasteiger partial charge in [-0.3, -0.25) is 0 Å². The molecule has 0 radical (unpaired) electrons. The maximum absolute atomic E-state index is 9.75. The molecule has 3 nitrogen and oxygen atoms in total. The summed E-state index contributed by atoms with van der Waals surface area (Å²) in [6.07, 6.45) is 0.0815. The van der Waals surface area contributed by atoms with Crippen molar-refractivity contribution in [1.29, 1.82) is 0 Å². The Morgan fingerprint density at radius 1 is 1.38 bits per heavy atom. The van der Waals surface area contributed by atoms with Gasteiger partial charge in [-0.15, -0.1) is 0 Å². The van der Waals surface area contributed by atoms with Crippen LogP contribution in [-0.2, 0) is 4.74 Å². The SMILES string of the molecule is COC(C)(C)CC(O)C(N)C(C)C. The first-order valence-electron chi connectivity index (χ1n) is 4.79. The normalized spacial score (nSPS) is 17.5. The van der Waals surface area contributed by atoms with Gasteiger partial charge in [-0.25, -0.2) is 0 Å². The molecule has 0 spiro atoms. The number of nitrogens with two attached hydrogens (primary N) is 1. The third-order valence-electron chi connectivity index (χ3n) is 2.47. The van der Waals surface area contributed by atoms with Gasteiger partial charge < -0.3 is 15.6 Å². The number of aliphatic hydroxyl groups is 1.